The number of esters is 1. The molecule has 0 saturated heterocycles. The molecule has 2 aromatic carbocycles. The fraction of sp³-hybridized carbons (Fsp3) is 0.414. The highest BCUT2D eigenvalue weighted by Crippen LogP contribution is 2.48. The SMILES string of the molecule is CC1=NC2=C(C(=O)C[C@@H](c3ccccc3)C2)[C@@H](c2ccccc2Cl)C1C(=O)OC1CCCCC1. The van der Waals surface area contributed by atoms with Crippen molar-refractivity contribution in [3.8, 4) is 0 Å². The van der Waals surface area contributed by atoms with Crippen molar-refractivity contribution in [2.45, 2.75) is 69.8 Å². The van der Waals surface area contributed by atoms with Crippen LogP contribution in [0.25, 0.3) is 0 Å². The van der Waals surface area contributed by atoms with Crippen LogP contribution < -0.4 is 0 Å². The van der Waals surface area contributed by atoms with Crippen LogP contribution in [0.5, 0.6) is 0 Å². The fourth-order valence-corrected chi connectivity index (χ4v) is 6.06. The van der Waals surface area contributed by atoms with Gasteiger partial charge in [-0.1, -0.05) is 66.6 Å². The van der Waals surface area contributed by atoms with Gasteiger partial charge in [0.15, 0.2) is 5.78 Å². The molecule has 5 rings (SSSR count). The maximum absolute atomic E-state index is 13.6. The molecule has 1 unspecified atom stereocenters. The Kier molecular flexibility index (Phi) is 6.69. The largest absolute Gasteiger partial charge is 0.462 e. The first-order valence-electron chi connectivity index (χ1n) is 12.3. The number of halogens is 1. The van der Waals surface area contributed by atoms with Gasteiger partial charge < -0.3 is 4.74 Å². The van der Waals surface area contributed by atoms with Gasteiger partial charge in [0.05, 0.1) is 0 Å². The Hall–Kier alpha value is -2.72. The summed E-state index contributed by atoms with van der Waals surface area (Å²) in [5.41, 5.74) is 4.06. The average molecular weight is 476 g/mol. The number of nitrogens with zero attached hydrogens (tertiary/aromatic N) is 1. The van der Waals surface area contributed by atoms with E-state index in [1.807, 2.05) is 49.4 Å². The topological polar surface area (TPSA) is 55.7 Å². The molecular weight excluding hydrogens is 446 g/mol. The predicted octanol–water partition coefficient (Wildman–Crippen LogP) is 6.79. The Labute approximate surface area is 206 Å². The van der Waals surface area contributed by atoms with Crippen molar-refractivity contribution in [3.05, 3.63) is 82.0 Å². The number of ether oxygens (including phenoxy) is 1. The molecule has 0 amide bonds. The summed E-state index contributed by atoms with van der Waals surface area (Å²) in [5, 5.41) is 0.558. The second-order valence-electron chi connectivity index (χ2n) is 9.73. The van der Waals surface area contributed by atoms with Crippen LogP contribution in [0.2, 0.25) is 5.02 Å². The van der Waals surface area contributed by atoms with Gasteiger partial charge in [0, 0.05) is 34.3 Å². The van der Waals surface area contributed by atoms with Crippen LogP contribution in [0.4, 0.5) is 0 Å². The van der Waals surface area contributed by atoms with Crippen molar-refractivity contribution in [1.82, 2.24) is 0 Å². The van der Waals surface area contributed by atoms with E-state index in [-0.39, 0.29) is 23.8 Å². The number of ketones is 1. The van der Waals surface area contributed by atoms with E-state index in [2.05, 4.69) is 12.1 Å². The molecule has 1 aliphatic heterocycles. The number of rotatable bonds is 4. The number of aliphatic imine (C=N–C) groups is 1. The summed E-state index contributed by atoms with van der Waals surface area (Å²) >= 11 is 6.64. The zero-order chi connectivity index (χ0) is 23.7. The highest BCUT2D eigenvalue weighted by Gasteiger charge is 2.45. The zero-order valence-electron chi connectivity index (χ0n) is 19.5. The van der Waals surface area contributed by atoms with Gasteiger partial charge in [0.1, 0.15) is 12.0 Å². The molecule has 1 saturated carbocycles. The quantitative estimate of drug-likeness (QED) is 0.457. The molecule has 2 aromatic rings. The molecule has 0 spiro atoms. The lowest BCUT2D eigenvalue weighted by Gasteiger charge is -2.37. The number of hydrogen-bond acceptors (Lipinski definition) is 4. The van der Waals surface area contributed by atoms with E-state index < -0.39 is 11.8 Å². The minimum atomic E-state index is -0.641. The summed E-state index contributed by atoms with van der Waals surface area (Å²) in [4.78, 5) is 32.1. The van der Waals surface area contributed by atoms with Crippen LogP contribution in [0.1, 0.15) is 74.8 Å². The van der Waals surface area contributed by atoms with E-state index in [0.717, 1.165) is 42.5 Å². The summed E-state index contributed by atoms with van der Waals surface area (Å²) < 4.78 is 6.00. The molecule has 0 aromatic heterocycles. The Morgan fingerprint density at radius 3 is 2.41 bits per heavy atom. The van der Waals surface area contributed by atoms with E-state index in [4.69, 9.17) is 21.3 Å². The number of Topliss-reactive ketones (excluding diaryl/α,β-unsaturated/α-hetero) is 1. The number of carbonyl (C=O) groups excluding carboxylic acids is 2. The van der Waals surface area contributed by atoms with E-state index in [9.17, 15) is 9.59 Å². The van der Waals surface area contributed by atoms with Crippen LogP contribution >= 0.6 is 11.6 Å². The van der Waals surface area contributed by atoms with Crippen LogP contribution in [-0.4, -0.2) is 23.6 Å². The van der Waals surface area contributed by atoms with Gasteiger partial charge in [-0.25, -0.2) is 0 Å². The average Bonchev–Trinajstić information content (AvgIpc) is 2.84. The third-order valence-electron chi connectivity index (χ3n) is 7.49. The van der Waals surface area contributed by atoms with Crippen LogP contribution in [0.3, 0.4) is 0 Å². The van der Waals surface area contributed by atoms with Gasteiger partial charge in [-0.15, -0.1) is 0 Å². The first-order valence-corrected chi connectivity index (χ1v) is 12.7. The van der Waals surface area contributed by atoms with Gasteiger partial charge >= 0.3 is 5.97 Å². The highest BCUT2D eigenvalue weighted by molar-refractivity contribution is 6.31. The highest BCUT2D eigenvalue weighted by atomic mass is 35.5. The van der Waals surface area contributed by atoms with Gasteiger partial charge in [-0.3, -0.25) is 14.6 Å². The normalized spacial score (nSPS) is 25.5. The molecule has 3 aliphatic rings. The van der Waals surface area contributed by atoms with Crippen molar-refractivity contribution in [2.75, 3.05) is 0 Å². The monoisotopic (exact) mass is 475 g/mol. The molecular formula is C29H30ClNO3. The summed E-state index contributed by atoms with van der Waals surface area (Å²) in [7, 11) is 0. The second kappa shape index (κ2) is 9.87. The minimum Gasteiger partial charge on any atom is -0.462 e. The van der Waals surface area contributed by atoms with E-state index in [0.29, 0.717) is 29.1 Å². The molecule has 3 atom stereocenters. The van der Waals surface area contributed by atoms with Crippen molar-refractivity contribution < 1.29 is 14.3 Å². The molecule has 34 heavy (non-hydrogen) atoms. The number of allylic oxidation sites excluding steroid dienone is 2. The van der Waals surface area contributed by atoms with Crippen molar-refractivity contribution in [2.24, 2.45) is 10.9 Å². The molecule has 2 aliphatic carbocycles. The fourth-order valence-electron chi connectivity index (χ4n) is 5.81. The standard InChI is InChI=1S/C29H30ClNO3/c1-18-26(29(33)34-21-12-6-3-7-13-21)27(22-14-8-9-15-23(22)30)28-24(31-18)16-20(17-25(28)32)19-10-4-2-5-11-19/h2,4-5,8-11,14-15,20-21,26-27H,3,6-7,12-13,16-17H2,1H3/t20-,26?,27-/m0/s1. The molecule has 176 valence electrons. The molecule has 0 N–H and O–H groups in total. The van der Waals surface area contributed by atoms with Crippen LogP contribution in [0, 0.1) is 5.92 Å². The third kappa shape index (κ3) is 4.48. The van der Waals surface area contributed by atoms with Crippen molar-refractivity contribution in [1.29, 1.82) is 0 Å². The lowest BCUT2D eigenvalue weighted by Crippen LogP contribution is -2.39. The zero-order valence-corrected chi connectivity index (χ0v) is 20.3. The van der Waals surface area contributed by atoms with Gasteiger partial charge in [-0.05, 0) is 62.1 Å². The van der Waals surface area contributed by atoms with Gasteiger partial charge in [0.2, 0.25) is 0 Å². The van der Waals surface area contributed by atoms with Crippen molar-refractivity contribution >= 4 is 29.1 Å². The Morgan fingerprint density at radius 2 is 1.68 bits per heavy atom. The van der Waals surface area contributed by atoms with Crippen LogP contribution in [0.15, 0.2) is 70.9 Å². The van der Waals surface area contributed by atoms with Crippen molar-refractivity contribution in [3.63, 3.8) is 0 Å². The smallest absolute Gasteiger partial charge is 0.315 e. The molecule has 1 fully saturated rings. The Bertz CT molecular complexity index is 1150. The van der Waals surface area contributed by atoms with Crippen LogP contribution in [-0.2, 0) is 14.3 Å². The lowest BCUT2D eigenvalue weighted by molar-refractivity contribution is -0.153. The molecule has 5 heteroatoms. The number of benzene rings is 2. The Balaban J connectivity index is 1.54. The first kappa shape index (κ1) is 23.0. The Morgan fingerprint density at radius 1 is 0.971 bits per heavy atom. The summed E-state index contributed by atoms with van der Waals surface area (Å²) in [5.74, 6) is -1.27. The maximum atomic E-state index is 13.6. The van der Waals surface area contributed by atoms with E-state index in [1.54, 1.807) is 0 Å². The van der Waals surface area contributed by atoms with E-state index >= 15 is 0 Å². The summed E-state index contributed by atoms with van der Waals surface area (Å²) in [6.07, 6.45) is 6.18. The summed E-state index contributed by atoms with van der Waals surface area (Å²) in [6, 6.07) is 17.6. The van der Waals surface area contributed by atoms with Gasteiger partial charge in [-0.2, -0.15) is 0 Å². The number of hydrogen-bond donors (Lipinski definition) is 0. The number of carbonyl (C=O) groups is 2. The second-order valence-corrected chi connectivity index (χ2v) is 10.1. The third-order valence-corrected chi connectivity index (χ3v) is 7.83. The maximum Gasteiger partial charge on any atom is 0.315 e. The first-order chi connectivity index (χ1) is 16.5. The molecule has 4 nitrogen and oxygen atoms in total. The van der Waals surface area contributed by atoms with Gasteiger partial charge in [0.25, 0.3) is 0 Å². The molecule has 0 radical (unpaired) electrons. The minimum absolute atomic E-state index is 0.0479. The van der Waals surface area contributed by atoms with E-state index in [1.165, 1.54) is 6.42 Å². The predicted molar refractivity (Wildman–Crippen MR) is 134 cm³/mol. The summed E-state index contributed by atoms with van der Waals surface area (Å²) in [6.45, 7) is 1.89. The lowest BCUT2D eigenvalue weighted by atomic mass is 9.69. The molecule has 0 bridgehead atoms. The molecule has 1 heterocycles.